The van der Waals surface area contributed by atoms with Crippen molar-refractivity contribution >= 4 is 12.0 Å². The molecule has 1 N–H and O–H groups in total. The predicted molar refractivity (Wildman–Crippen MR) is 74.1 cm³/mol. The van der Waals surface area contributed by atoms with E-state index in [0.29, 0.717) is 13.1 Å². The standard InChI is InChI=1S/C14H26N2O3/c1-5-6-9-15(4)13(19)16-10-7-8-14(2,3)11(16)12(17)18/h11H,5-10H2,1-4H3,(H,17,18). The molecule has 0 bridgehead atoms. The lowest BCUT2D eigenvalue weighted by atomic mass is 9.76. The summed E-state index contributed by atoms with van der Waals surface area (Å²) in [7, 11) is 1.75. The zero-order chi connectivity index (χ0) is 14.6. The molecular weight excluding hydrogens is 244 g/mol. The normalized spacial score (nSPS) is 22.1. The lowest BCUT2D eigenvalue weighted by molar-refractivity contribution is -0.148. The van der Waals surface area contributed by atoms with Gasteiger partial charge in [-0.05, 0) is 24.7 Å². The van der Waals surface area contributed by atoms with Gasteiger partial charge in [0.1, 0.15) is 6.04 Å². The third kappa shape index (κ3) is 3.61. The molecule has 5 nitrogen and oxygen atoms in total. The Bertz CT molecular complexity index is 342. The number of unbranched alkanes of at least 4 members (excludes halogenated alkanes) is 1. The maximum absolute atomic E-state index is 12.4. The largest absolute Gasteiger partial charge is 0.480 e. The van der Waals surface area contributed by atoms with Crippen LogP contribution in [-0.4, -0.2) is 53.1 Å². The minimum absolute atomic E-state index is 0.159. The van der Waals surface area contributed by atoms with Gasteiger partial charge >= 0.3 is 12.0 Å². The van der Waals surface area contributed by atoms with Gasteiger partial charge in [-0.2, -0.15) is 0 Å². The van der Waals surface area contributed by atoms with Gasteiger partial charge in [0.15, 0.2) is 0 Å². The first-order valence-electron chi connectivity index (χ1n) is 7.05. The van der Waals surface area contributed by atoms with Crippen LogP contribution >= 0.6 is 0 Å². The molecule has 2 amide bonds. The molecule has 0 aliphatic carbocycles. The Hall–Kier alpha value is -1.26. The van der Waals surface area contributed by atoms with Crippen LogP contribution in [0.4, 0.5) is 4.79 Å². The quantitative estimate of drug-likeness (QED) is 0.853. The van der Waals surface area contributed by atoms with Crippen molar-refractivity contribution in [2.24, 2.45) is 5.41 Å². The zero-order valence-corrected chi connectivity index (χ0v) is 12.5. The number of likely N-dealkylation sites (tertiary alicyclic amines) is 1. The van der Waals surface area contributed by atoms with Gasteiger partial charge in [0.25, 0.3) is 0 Å². The lowest BCUT2D eigenvalue weighted by Crippen LogP contribution is -2.58. The van der Waals surface area contributed by atoms with Crippen molar-refractivity contribution in [3.05, 3.63) is 0 Å². The maximum atomic E-state index is 12.4. The number of carboxylic acids is 1. The van der Waals surface area contributed by atoms with E-state index in [2.05, 4.69) is 6.92 Å². The number of rotatable bonds is 4. The number of hydrogen-bond acceptors (Lipinski definition) is 2. The molecule has 1 aliphatic heterocycles. The van der Waals surface area contributed by atoms with Crippen molar-refractivity contribution in [2.75, 3.05) is 20.1 Å². The van der Waals surface area contributed by atoms with E-state index in [1.807, 2.05) is 13.8 Å². The number of carbonyl (C=O) groups is 2. The molecule has 0 saturated carbocycles. The summed E-state index contributed by atoms with van der Waals surface area (Å²) >= 11 is 0. The van der Waals surface area contributed by atoms with Crippen molar-refractivity contribution in [1.82, 2.24) is 9.80 Å². The second-order valence-corrected chi connectivity index (χ2v) is 6.08. The number of carboxylic acid groups (broad SMARTS) is 1. The number of aliphatic carboxylic acids is 1. The molecule has 1 atom stereocenters. The minimum atomic E-state index is -0.901. The monoisotopic (exact) mass is 270 g/mol. The number of carbonyl (C=O) groups excluding carboxylic acids is 1. The highest BCUT2D eigenvalue weighted by Crippen LogP contribution is 2.35. The van der Waals surface area contributed by atoms with Gasteiger partial charge in [-0.25, -0.2) is 9.59 Å². The fourth-order valence-electron chi connectivity index (χ4n) is 2.78. The van der Waals surface area contributed by atoms with E-state index in [1.54, 1.807) is 11.9 Å². The third-order valence-electron chi connectivity index (χ3n) is 3.93. The van der Waals surface area contributed by atoms with Crippen LogP contribution in [0.5, 0.6) is 0 Å². The Morgan fingerprint density at radius 1 is 1.42 bits per heavy atom. The number of amides is 2. The predicted octanol–water partition coefficient (Wildman–Crippen LogP) is 2.41. The molecule has 0 aromatic carbocycles. The molecule has 1 rings (SSSR count). The SMILES string of the molecule is CCCCN(C)C(=O)N1CCCC(C)(C)C1C(=O)O. The van der Waals surface area contributed by atoms with E-state index in [-0.39, 0.29) is 11.4 Å². The first-order valence-corrected chi connectivity index (χ1v) is 7.05. The Balaban J connectivity index is 2.83. The van der Waals surface area contributed by atoms with Gasteiger partial charge in [-0.3, -0.25) is 0 Å². The molecule has 1 saturated heterocycles. The van der Waals surface area contributed by atoms with Gasteiger partial charge in [0.2, 0.25) is 0 Å². The third-order valence-corrected chi connectivity index (χ3v) is 3.93. The molecule has 0 radical (unpaired) electrons. The van der Waals surface area contributed by atoms with Crippen LogP contribution < -0.4 is 0 Å². The number of piperidine rings is 1. The molecule has 1 fully saturated rings. The summed E-state index contributed by atoms with van der Waals surface area (Å²) in [5, 5.41) is 9.44. The van der Waals surface area contributed by atoms with E-state index in [1.165, 1.54) is 4.90 Å². The van der Waals surface area contributed by atoms with Crippen LogP contribution in [0.3, 0.4) is 0 Å². The number of hydrogen-bond donors (Lipinski definition) is 1. The van der Waals surface area contributed by atoms with Crippen LogP contribution in [0.1, 0.15) is 46.5 Å². The Labute approximate surface area is 115 Å². The van der Waals surface area contributed by atoms with E-state index < -0.39 is 12.0 Å². The van der Waals surface area contributed by atoms with Gasteiger partial charge in [0.05, 0.1) is 0 Å². The topological polar surface area (TPSA) is 60.9 Å². The number of urea groups is 1. The average Bonchev–Trinajstić information content (AvgIpc) is 2.32. The zero-order valence-electron chi connectivity index (χ0n) is 12.5. The molecule has 0 spiro atoms. The van der Waals surface area contributed by atoms with Crippen molar-refractivity contribution in [3.8, 4) is 0 Å². The second kappa shape index (κ2) is 6.26. The Kier molecular flexibility index (Phi) is 5.20. The van der Waals surface area contributed by atoms with Crippen molar-refractivity contribution in [2.45, 2.75) is 52.5 Å². The molecule has 0 aromatic heterocycles. The summed E-state index contributed by atoms with van der Waals surface area (Å²) in [5.41, 5.74) is -0.370. The molecule has 1 unspecified atom stereocenters. The van der Waals surface area contributed by atoms with E-state index in [4.69, 9.17) is 0 Å². The molecule has 19 heavy (non-hydrogen) atoms. The Morgan fingerprint density at radius 2 is 2.05 bits per heavy atom. The van der Waals surface area contributed by atoms with Gasteiger partial charge in [0, 0.05) is 20.1 Å². The maximum Gasteiger partial charge on any atom is 0.327 e. The van der Waals surface area contributed by atoms with Gasteiger partial charge in [-0.15, -0.1) is 0 Å². The summed E-state index contributed by atoms with van der Waals surface area (Å²) in [4.78, 5) is 27.1. The molecule has 1 heterocycles. The molecule has 110 valence electrons. The van der Waals surface area contributed by atoms with Crippen molar-refractivity contribution in [1.29, 1.82) is 0 Å². The van der Waals surface area contributed by atoms with Crippen molar-refractivity contribution < 1.29 is 14.7 Å². The minimum Gasteiger partial charge on any atom is -0.480 e. The highest BCUT2D eigenvalue weighted by atomic mass is 16.4. The molecule has 1 aliphatic rings. The van der Waals surface area contributed by atoms with Crippen LogP contribution in [0.2, 0.25) is 0 Å². The van der Waals surface area contributed by atoms with E-state index in [0.717, 1.165) is 25.7 Å². The first-order chi connectivity index (χ1) is 8.81. The highest BCUT2D eigenvalue weighted by Gasteiger charge is 2.45. The smallest absolute Gasteiger partial charge is 0.327 e. The summed E-state index contributed by atoms with van der Waals surface area (Å²) in [6, 6.07) is -0.883. The van der Waals surface area contributed by atoms with Crippen LogP contribution in [-0.2, 0) is 4.79 Å². The summed E-state index contributed by atoms with van der Waals surface area (Å²) in [5.74, 6) is -0.901. The molecule has 5 heteroatoms. The van der Waals surface area contributed by atoms with Gasteiger partial charge < -0.3 is 14.9 Å². The van der Waals surface area contributed by atoms with Crippen LogP contribution in [0.15, 0.2) is 0 Å². The first kappa shape index (κ1) is 15.8. The Morgan fingerprint density at radius 3 is 2.58 bits per heavy atom. The van der Waals surface area contributed by atoms with Crippen LogP contribution in [0, 0.1) is 5.41 Å². The number of nitrogens with zero attached hydrogens (tertiary/aromatic N) is 2. The second-order valence-electron chi connectivity index (χ2n) is 6.08. The fraction of sp³-hybridized carbons (Fsp3) is 0.857. The summed E-state index contributed by atoms with van der Waals surface area (Å²) < 4.78 is 0. The van der Waals surface area contributed by atoms with Crippen molar-refractivity contribution in [3.63, 3.8) is 0 Å². The van der Waals surface area contributed by atoms with E-state index >= 15 is 0 Å². The van der Waals surface area contributed by atoms with Gasteiger partial charge in [-0.1, -0.05) is 27.2 Å². The average molecular weight is 270 g/mol. The fourth-order valence-corrected chi connectivity index (χ4v) is 2.78. The summed E-state index contributed by atoms with van der Waals surface area (Å²) in [6.07, 6.45) is 3.67. The summed E-state index contributed by atoms with van der Waals surface area (Å²) in [6.45, 7) is 7.14. The lowest BCUT2D eigenvalue weighted by Gasteiger charge is -2.45. The van der Waals surface area contributed by atoms with Crippen LogP contribution in [0.25, 0.3) is 0 Å². The molecule has 0 aromatic rings. The highest BCUT2D eigenvalue weighted by molar-refractivity contribution is 5.83. The van der Waals surface area contributed by atoms with E-state index in [9.17, 15) is 14.7 Å². The molecular formula is C14H26N2O3.